The maximum Gasteiger partial charge on any atom is 0.420 e. The first-order valence-electron chi connectivity index (χ1n) is 3.62. The minimum atomic E-state index is -4.78. The quantitative estimate of drug-likeness (QED) is 0.718. The predicted octanol–water partition coefficient (Wildman–Crippen LogP) is 3.96. The third kappa shape index (κ3) is 3.23. The molecule has 1 rings (SSSR count). The van der Waals surface area contributed by atoms with Crippen LogP contribution < -0.4 is 4.74 Å². The molecule has 0 saturated carbocycles. The van der Waals surface area contributed by atoms with Crippen molar-refractivity contribution in [3.63, 3.8) is 0 Å². The van der Waals surface area contributed by atoms with E-state index in [4.69, 9.17) is 11.6 Å². The summed E-state index contributed by atoms with van der Waals surface area (Å²) in [5.41, 5.74) is -1.32. The zero-order valence-corrected chi connectivity index (χ0v) is 7.74. The molecule has 0 amide bonds. The summed E-state index contributed by atoms with van der Waals surface area (Å²) < 4.78 is 64.1. The summed E-state index contributed by atoms with van der Waals surface area (Å²) >= 11 is 5.32. The summed E-state index contributed by atoms with van der Waals surface area (Å²) in [5, 5.41) is -0.205. The molecule has 0 aliphatic rings. The molecule has 0 atom stereocenters. The van der Waals surface area contributed by atoms with E-state index in [1.165, 1.54) is 0 Å². The van der Waals surface area contributed by atoms with Crippen molar-refractivity contribution in [3.05, 3.63) is 28.8 Å². The molecule has 0 heterocycles. The molecular formula is C8H4ClF5O. The first-order valence-corrected chi connectivity index (χ1v) is 4.00. The van der Waals surface area contributed by atoms with Gasteiger partial charge in [0.1, 0.15) is 5.75 Å². The molecule has 0 radical (unpaired) electrons. The zero-order valence-electron chi connectivity index (χ0n) is 6.99. The van der Waals surface area contributed by atoms with Crippen LogP contribution in [-0.2, 0) is 6.18 Å². The van der Waals surface area contributed by atoms with E-state index in [1.807, 2.05) is 0 Å². The van der Waals surface area contributed by atoms with E-state index in [0.717, 1.165) is 12.1 Å². The maximum absolute atomic E-state index is 12.3. The fourth-order valence-electron chi connectivity index (χ4n) is 0.922. The lowest BCUT2D eigenvalue weighted by molar-refractivity contribution is -0.141. The van der Waals surface area contributed by atoms with Gasteiger partial charge in [0.15, 0.2) is 0 Å². The Morgan fingerprint density at radius 1 is 1.20 bits per heavy atom. The molecule has 15 heavy (non-hydrogen) atoms. The summed E-state index contributed by atoms with van der Waals surface area (Å²) in [6.45, 7) is -3.31. The normalized spacial score (nSPS) is 11.9. The average molecular weight is 247 g/mol. The van der Waals surface area contributed by atoms with Gasteiger partial charge in [0.2, 0.25) is 0 Å². The zero-order chi connectivity index (χ0) is 11.6. The molecule has 0 aromatic heterocycles. The first-order chi connectivity index (χ1) is 6.80. The fourth-order valence-corrected chi connectivity index (χ4v) is 1.09. The van der Waals surface area contributed by atoms with Gasteiger partial charge in [0.25, 0.3) is 0 Å². The van der Waals surface area contributed by atoms with E-state index >= 15 is 0 Å². The van der Waals surface area contributed by atoms with Crippen molar-refractivity contribution in [1.82, 2.24) is 0 Å². The van der Waals surface area contributed by atoms with Crippen LogP contribution in [0.4, 0.5) is 22.0 Å². The van der Waals surface area contributed by atoms with Crippen molar-refractivity contribution < 1.29 is 26.7 Å². The smallest absolute Gasteiger partial charge is 0.420 e. The van der Waals surface area contributed by atoms with Gasteiger partial charge in [-0.2, -0.15) is 22.0 Å². The van der Waals surface area contributed by atoms with E-state index in [0.29, 0.717) is 6.07 Å². The van der Waals surface area contributed by atoms with E-state index in [1.54, 1.807) is 0 Å². The van der Waals surface area contributed by atoms with Crippen molar-refractivity contribution in [2.24, 2.45) is 0 Å². The molecule has 0 saturated heterocycles. The van der Waals surface area contributed by atoms with Gasteiger partial charge in [-0.3, -0.25) is 0 Å². The number of hydrogen-bond acceptors (Lipinski definition) is 1. The number of rotatable bonds is 2. The number of alkyl halides is 5. The lowest BCUT2D eigenvalue weighted by atomic mass is 10.2. The van der Waals surface area contributed by atoms with E-state index < -0.39 is 24.1 Å². The highest BCUT2D eigenvalue weighted by Gasteiger charge is 2.35. The van der Waals surface area contributed by atoms with Crippen molar-refractivity contribution in [2.75, 3.05) is 0 Å². The molecule has 0 fully saturated rings. The second kappa shape index (κ2) is 4.22. The number of benzene rings is 1. The third-order valence-corrected chi connectivity index (χ3v) is 1.70. The van der Waals surface area contributed by atoms with Crippen LogP contribution >= 0.6 is 11.6 Å². The van der Waals surface area contributed by atoms with Crippen LogP contribution in [0.2, 0.25) is 5.02 Å². The Kier molecular flexibility index (Phi) is 3.38. The average Bonchev–Trinajstić information content (AvgIpc) is 2.05. The highest BCUT2D eigenvalue weighted by molar-refractivity contribution is 6.30. The molecule has 0 bridgehead atoms. The highest BCUT2D eigenvalue weighted by atomic mass is 35.5. The van der Waals surface area contributed by atoms with E-state index in [2.05, 4.69) is 4.74 Å². The van der Waals surface area contributed by atoms with Crippen LogP contribution in [0.3, 0.4) is 0 Å². The van der Waals surface area contributed by atoms with Gasteiger partial charge in [-0.15, -0.1) is 0 Å². The molecule has 0 aliphatic heterocycles. The minimum Gasteiger partial charge on any atom is -0.434 e. The predicted molar refractivity (Wildman–Crippen MR) is 43.1 cm³/mol. The van der Waals surface area contributed by atoms with Gasteiger partial charge in [0, 0.05) is 5.02 Å². The van der Waals surface area contributed by atoms with Crippen LogP contribution in [0.1, 0.15) is 5.56 Å². The standard InChI is InChI=1S/C8H4ClF5O/c9-4-1-2-6(15-7(10)11)5(3-4)8(12,13)14/h1-3,7H. The Bertz CT molecular complexity index is 349. The Balaban J connectivity index is 3.15. The summed E-state index contributed by atoms with van der Waals surface area (Å²) in [6, 6.07) is 2.31. The van der Waals surface area contributed by atoms with Crippen LogP contribution in [0.25, 0.3) is 0 Å². The highest BCUT2D eigenvalue weighted by Crippen LogP contribution is 2.38. The molecule has 7 heteroatoms. The van der Waals surface area contributed by atoms with E-state index in [9.17, 15) is 22.0 Å². The van der Waals surface area contributed by atoms with Gasteiger partial charge < -0.3 is 4.74 Å². The summed E-state index contributed by atoms with van der Waals surface area (Å²) in [5.74, 6) is -0.943. The largest absolute Gasteiger partial charge is 0.434 e. The molecule has 0 aliphatic carbocycles. The van der Waals surface area contributed by atoms with Crippen LogP contribution in [-0.4, -0.2) is 6.61 Å². The van der Waals surface area contributed by atoms with Gasteiger partial charge >= 0.3 is 12.8 Å². The van der Waals surface area contributed by atoms with Crippen molar-refractivity contribution in [1.29, 1.82) is 0 Å². The summed E-state index contributed by atoms with van der Waals surface area (Å²) in [6.07, 6.45) is -4.78. The molecule has 1 nitrogen and oxygen atoms in total. The Morgan fingerprint density at radius 2 is 1.80 bits per heavy atom. The van der Waals surface area contributed by atoms with Crippen molar-refractivity contribution in [3.8, 4) is 5.75 Å². The van der Waals surface area contributed by atoms with Crippen molar-refractivity contribution in [2.45, 2.75) is 12.8 Å². The molecule has 1 aromatic carbocycles. The summed E-state index contributed by atoms with van der Waals surface area (Å²) in [4.78, 5) is 0. The molecule has 0 unspecified atom stereocenters. The Morgan fingerprint density at radius 3 is 2.27 bits per heavy atom. The number of halogens is 6. The SMILES string of the molecule is FC(F)Oc1ccc(Cl)cc1C(F)(F)F. The van der Waals surface area contributed by atoms with Crippen LogP contribution in [0.15, 0.2) is 18.2 Å². The van der Waals surface area contributed by atoms with Gasteiger partial charge in [-0.25, -0.2) is 0 Å². The molecule has 0 spiro atoms. The number of hydrogen-bond donors (Lipinski definition) is 0. The Labute approximate surface area is 86.4 Å². The molecular weight excluding hydrogens is 243 g/mol. The summed E-state index contributed by atoms with van der Waals surface area (Å²) in [7, 11) is 0. The van der Waals surface area contributed by atoms with Gasteiger partial charge in [-0.1, -0.05) is 11.6 Å². The van der Waals surface area contributed by atoms with Gasteiger partial charge in [-0.05, 0) is 18.2 Å². The van der Waals surface area contributed by atoms with Gasteiger partial charge in [0.05, 0.1) is 5.56 Å². The Hall–Kier alpha value is -1.04. The van der Waals surface area contributed by atoms with E-state index in [-0.39, 0.29) is 5.02 Å². The minimum absolute atomic E-state index is 0.205. The monoisotopic (exact) mass is 246 g/mol. The third-order valence-electron chi connectivity index (χ3n) is 1.46. The molecule has 84 valence electrons. The fraction of sp³-hybridized carbons (Fsp3) is 0.250. The lowest BCUT2D eigenvalue weighted by Crippen LogP contribution is -2.11. The van der Waals surface area contributed by atoms with Crippen LogP contribution in [0.5, 0.6) is 5.75 Å². The van der Waals surface area contributed by atoms with Crippen LogP contribution in [0, 0.1) is 0 Å². The number of ether oxygens (including phenoxy) is 1. The molecule has 0 N–H and O–H groups in total. The second-order valence-electron chi connectivity index (χ2n) is 2.52. The lowest BCUT2D eigenvalue weighted by Gasteiger charge is -2.13. The second-order valence-corrected chi connectivity index (χ2v) is 2.95. The first kappa shape index (κ1) is 12.0. The maximum atomic E-state index is 12.3. The molecule has 1 aromatic rings. The topological polar surface area (TPSA) is 9.23 Å². The van der Waals surface area contributed by atoms with Crippen molar-refractivity contribution >= 4 is 11.6 Å².